The van der Waals surface area contributed by atoms with Crippen molar-refractivity contribution in [2.45, 2.75) is 19.5 Å². The van der Waals surface area contributed by atoms with Crippen molar-refractivity contribution in [3.05, 3.63) is 30.2 Å². The topological polar surface area (TPSA) is 48.3 Å². The van der Waals surface area contributed by atoms with Gasteiger partial charge < -0.3 is 19.4 Å². The van der Waals surface area contributed by atoms with E-state index in [2.05, 4.69) is 22.1 Å². The van der Waals surface area contributed by atoms with E-state index in [0.29, 0.717) is 6.61 Å². The molecule has 104 valence electrons. The third-order valence-electron chi connectivity index (χ3n) is 3.72. The Morgan fingerprint density at radius 3 is 2.95 bits per heavy atom. The maximum atomic E-state index is 5.74. The van der Waals surface area contributed by atoms with Crippen LogP contribution in [-0.2, 0) is 13.1 Å². The van der Waals surface area contributed by atoms with Gasteiger partial charge in [-0.25, -0.2) is 4.98 Å². The fourth-order valence-electron chi connectivity index (χ4n) is 2.65. The summed E-state index contributed by atoms with van der Waals surface area (Å²) in [6, 6.07) is 6.06. The van der Waals surface area contributed by atoms with Crippen LogP contribution >= 0.6 is 0 Å². The summed E-state index contributed by atoms with van der Waals surface area (Å²) in [5, 5.41) is 3.34. The highest BCUT2D eigenvalue weighted by Crippen LogP contribution is 2.34. The number of rotatable bonds is 1. The maximum Gasteiger partial charge on any atom is 0.161 e. The van der Waals surface area contributed by atoms with E-state index in [1.165, 1.54) is 0 Å². The number of aromatic nitrogens is 2. The van der Waals surface area contributed by atoms with Crippen LogP contribution < -0.4 is 14.8 Å². The van der Waals surface area contributed by atoms with Crippen LogP contribution in [0, 0.1) is 0 Å². The van der Waals surface area contributed by atoms with Gasteiger partial charge in [-0.2, -0.15) is 0 Å². The summed E-state index contributed by atoms with van der Waals surface area (Å²) in [4.78, 5) is 4.70. The van der Waals surface area contributed by atoms with Crippen molar-refractivity contribution in [2.75, 3.05) is 19.8 Å². The number of hydrogen-bond acceptors (Lipinski definition) is 4. The predicted octanol–water partition coefficient (Wildman–Crippen LogP) is 1.81. The average molecular weight is 271 g/mol. The molecule has 0 radical (unpaired) electrons. The fraction of sp³-hybridized carbons (Fsp3) is 0.400. The van der Waals surface area contributed by atoms with E-state index in [9.17, 15) is 0 Å². The molecule has 0 spiro atoms. The van der Waals surface area contributed by atoms with E-state index in [-0.39, 0.29) is 0 Å². The quantitative estimate of drug-likeness (QED) is 0.859. The molecule has 5 nitrogen and oxygen atoms in total. The molecule has 0 fully saturated rings. The molecule has 4 rings (SSSR count). The van der Waals surface area contributed by atoms with Crippen LogP contribution in [0.15, 0.2) is 24.4 Å². The molecule has 2 aliphatic rings. The van der Waals surface area contributed by atoms with Gasteiger partial charge in [0.25, 0.3) is 0 Å². The lowest BCUT2D eigenvalue weighted by Crippen LogP contribution is -2.27. The van der Waals surface area contributed by atoms with Crippen molar-refractivity contribution in [2.24, 2.45) is 0 Å². The van der Waals surface area contributed by atoms with Gasteiger partial charge in [-0.1, -0.05) is 0 Å². The molecule has 1 N–H and O–H groups in total. The zero-order chi connectivity index (χ0) is 13.4. The number of ether oxygens (including phenoxy) is 2. The summed E-state index contributed by atoms with van der Waals surface area (Å²) >= 11 is 0. The molecule has 1 aromatic carbocycles. The van der Waals surface area contributed by atoms with Gasteiger partial charge in [-0.15, -0.1) is 0 Å². The molecule has 1 aromatic heterocycles. The number of nitrogens with zero attached hydrogens (tertiary/aromatic N) is 2. The third kappa shape index (κ3) is 2.04. The molecule has 0 saturated heterocycles. The highest BCUT2D eigenvalue weighted by molar-refractivity contribution is 5.64. The van der Waals surface area contributed by atoms with E-state index < -0.39 is 0 Å². The highest BCUT2D eigenvalue weighted by Gasteiger charge is 2.15. The van der Waals surface area contributed by atoms with Crippen LogP contribution in [-0.4, -0.2) is 29.3 Å². The third-order valence-corrected chi connectivity index (χ3v) is 3.72. The van der Waals surface area contributed by atoms with Gasteiger partial charge in [0.2, 0.25) is 0 Å². The number of benzene rings is 1. The number of fused-ring (bicyclic) bond motifs is 2. The summed E-state index contributed by atoms with van der Waals surface area (Å²) in [5.74, 6) is 2.75. The van der Waals surface area contributed by atoms with E-state index in [1.54, 1.807) is 0 Å². The first-order chi connectivity index (χ1) is 9.90. The van der Waals surface area contributed by atoms with E-state index in [0.717, 1.165) is 61.2 Å². The predicted molar refractivity (Wildman–Crippen MR) is 75.0 cm³/mol. The molecule has 20 heavy (non-hydrogen) atoms. The van der Waals surface area contributed by atoms with Gasteiger partial charge in [-0.05, 0) is 18.2 Å². The lowest BCUT2D eigenvalue weighted by atomic mass is 10.1. The molecule has 0 aliphatic carbocycles. The van der Waals surface area contributed by atoms with Gasteiger partial charge in [0.1, 0.15) is 5.82 Å². The van der Waals surface area contributed by atoms with Crippen molar-refractivity contribution in [3.63, 3.8) is 0 Å². The number of hydrogen-bond donors (Lipinski definition) is 1. The van der Waals surface area contributed by atoms with Crippen molar-refractivity contribution >= 4 is 0 Å². The molecule has 3 heterocycles. The SMILES string of the molecule is c1cc2c(cc1-c1cn3c(n1)CNCC3)OCCCO2. The van der Waals surface area contributed by atoms with E-state index >= 15 is 0 Å². The van der Waals surface area contributed by atoms with Crippen molar-refractivity contribution in [1.29, 1.82) is 0 Å². The number of nitrogens with one attached hydrogen (secondary N) is 1. The summed E-state index contributed by atoms with van der Waals surface area (Å²) in [6.07, 6.45) is 3.05. The Labute approximate surface area is 117 Å². The molecular weight excluding hydrogens is 254 g/mol. The number of imidazole rings is 1. The van der Waals surface area contributed by atoms with Crippen molar-refractivity contribution in [1.82, 2.24) is 14.9 Å². The smallest absolute Gasteiger partial charge is 0.161 e. The molecule has 5 heteroatoms. The van der Waals surface area contributed by atoms with Gasteiger partial charge in [-0.3, -0.25) is 0 Å². The summed E-state index contributed by atoms with van der Waals surface area (Å²) in [6.45, 7) is 4.25. The molecule has 0 atom stereocenters. The average Bonchev–Trinajstić information content (AvgIpc) is 2.78. The molecule has 0 unspecified atom stereocenters. The minimum absolute atomic E-state index is 0.708. The fourth-order valence-corrected chi connectivity index (χ4v) is 2.65. The summed E-state index contributed by atoms with van der Waals surface area (Å²) < 4.78 is 13.6. The first-order valence-electron chi connectivity index (χ1n) is 7.07. The van der Waals surface area contributed by atoms with Crippen LogP contribution in [0.25, 0.3) is 11.3 Å². The normalized spacial score (nSPS) is 17.4. The van der Waals surface area contributed by atoms with Crippen LogP contribution in [0.2, 0.25) is 0 Å². The van der Waals surface area contributed by atoms with Crippen LogP contribution in [0.1, 0.15) is 12.2 Å². The van der Waals surface area contributed by atoms with Crippen molar-refractivity contribution < 1.29 is 9.47 Å². The van der Waals surface area contributed by atoms with Crippen LogP contribution in [0.5, 0.6) is 11.5 Å². The van der Waals surface area contributed by atoms with E-state index in [4.69, 9.17) is 14.5 Å². The molecule has 2 aliphatic heterocycles. The summed E-state index contributed by atoms with van der Waals surface area (Å²) in [5.41, 5.74) is 2.08. The van der Waals surface area contributed by atoms with Gasteiger partial charge >= 0.3 is 0 Å². The first kappa shape index (κ1) is 11.8. The Balaban J connectivity index is 1.71. The first-order valence-corrected chi connectivity index (χ1v) is 7.07. The zero-order valence-corrected chi connectivity index (χ0v) is 11.3. The molecule has 0 bridgehead atoms. The molecular formula is C15H17N3O2. The standard InChI is InChI=1S/C15H17N3O2/c1-6-19-13-3-2-11(8-14(13)20-7-1)12-10-18-5-4-16-9-15(18)17-12/h2-3,8,10,16H,1,4-7,9H2. The lowest BCUT2D eigenvalue weighted by Gasteiger charge is -2.13. The van der Waals surface area contributed by atoms with E-state index in [1.807, 2.05) is 12.1 Å². The zero-order valence-electron chi connectivity index (χ0n) is 11.3. The Bertz CT molecular complexity index is 613. The molecule has 2 aromatic rings. The second-order valence-electron chi connectivity index (χ2n) is 5.12. The Morgan fingerprint density at radius 2 is 2.05 bits per heavy atom. The second-order valence-corrected chi connectivity index (χ2v) is 5.12. The van der Waals surface area contributed by atoms with Gasteiger partial charge in [0.05, 0.1) is 25.5 Å². The van der Waals surface area contributed by atoms with Crippen molar-refractivity contribution in [3.8, 4) is 22.8 Å². The Morgan fingerprint density at radius 1 is 1.15 bits per heavy atom. The van der Waals surface area contributed by atoms with Crippen LogP contribution in [0.3, 0.4) is 0 Å². The summed E-state index contributed by atoms with van der Waals surface area (Å²) in [7, 11) is 0. The minimum Gasteiger partial charge on any atom is -0.490 e. The lowest BCUT2D eigenvalue weighted by molar-refractivity contribution is 0.297. The Hall–Kier alpha value is -2.01. The highest BCUT2D eigenvalue weighted by atomic mass is 16.5. The largest absolute Gasteiger partial charge is 0.490 e. The van der Waals surface area contributed by atoms with Crippen LogP contribution in [0.4, 0.5) is 0 Å². The molecule has 0 saturated carbocycles. The maximum absolute atomic E-state index is 5.74. The molecule has 0 amide bonds. The second kappa shape index (κ2) is 4.83. The monoisotopic (exact) mass is 271 g/mol. The van der Waals surface area contributed by atoms with Gasteiger partial charge in [0, 0.05) is 31.3 Å². The van der Waals surface area contributed by atoms with Gasteiger partial charge in [0.15, 0.2) is 11.5 Å². The Kier molecular flexibility index (Phi) is 2.85. The minimum atomic E-state index is 0.708.